The molecule has 1 fully saturated rings. The van der Waals surface area contributed by atoms with Gasteiger partial charge in [0.2, 0.25) is 0 Å². The van der Waals surface area contributed by atoms with Crippen molar-refractivity contribution in [2.45, 2.75) is 18.4 Å². The number of hydrogen-bond donors (Lipinski definition) is 1. The fourth-order valence-corrected chi connectivity index (χ4v) is 4.80. The lowest BCUT2D eigenvalue weighted by Gasteiger charge is -2.38. The van der Waals surface area contributed by atoms with E-state index in [1.165, 1.54) is 0 Å². The lowest BCUT2D eigenvalue weighted by atomic mass is 9.84. The van der Waals surface area contributed by atoms with Gasteiger partial charge in [0.1, 0.15) is 5.60 Å². The van der Waals surface area contributed by atoms with Crippen LogP contribution in [0, 0.1) is 0 Å². The van der Waals surface area contributed by atoms with Gasteiger partial charge < -0.3 is 9.64 Å². The van der Waals surface area contributed by atoms with Crippen LogP contribution in [-0.4, -0.2) is 34.2 Å². The lowest BCUT2D eigenvalue weighted by molar-refractivity contribution is -0.0211. The summed E-state index contributed by atoms with van der Waals surface area (Å²) in [6, 6.07) is 24.0. The standard InChI is InChI=1S/C26H22N4O2/c31-25-20-8-4-5-9-21(20)26(32-25)11-14-30(15-12-26)24-17-23(28-29-24)19-10-13-27-22(16-19)18-6-2-1-3-7-18/h1-10,13,16-17H,11-12,14-15H2,(H,28,29). The van der Waals surface area contributed by atoms with Crippen molar-refractivity contribution in [3.8, 4) is 22.5 Å². The lowest BCUT2D eigenvalue weighted by Crippen LogP contribution is -2.43. The third-order valence-electron chi connectivity index (χ3n) is 6.53. The molecule has 4 heterocycles. The SMILES string of the molecule is O=C1OC2(CCN(c3cc(-c4ccnc(-c5ccccc5)c4)[nH]n3)CC2)c2ccccc21. The number of piperidine rings is 1. The van der Waals surface area contributed by atoms with Crippen LogP contribution >= 0.6 is 0 Å². The molecule has 4 aromatic rings. The Morgan fingerprint density at radius 1 is 0.906 bits per heavy atom. The predicted molar refractivity (Wildman–Crippen MR) is 122 cm³/mol. The van der Waals surface area contributed by atoms with E-state index >= 15 is 0 Å². The Morgan fingerprint density at radius 2 is 1.69 bits per heavy atom. The van der Waals surface area contributed by atoms with E-state index in [2.05, 4.69) is 44.3 Å². The third-order valence-corrected chi connectivity index (χ3v) is 6.53. The Kier molecular flexibility index (Phi) is 4.31. The van der Waals surface area contributed by atoms with Gasteiger partial charge in [0, 0.05) is 54.9 Å². The highest BCUT2D eigenvalue weighted by atomic mass is 16.6. The van der Waals surface area contributed by atoms with Gasteiger partial charge in [-0.3, -0.25) is 10.1 Å². The first-order valence-electron chi connectivity index (χ1n) is 10.9. The van der Waals surface area contributed by atoms with E-state index in [9.17, 15) is 4.79 Å². The van der Waals surface area contributed by atoms with Crippen molar-refractivity contribution in [1.82, 2.24) is 15.2 Å². The molecule has 6 nitrogen and oxygen atoms in total. The molecule has 2 aliphatic heterocycles. The van der Waals surface area contributed by atoms with Crippen LogP contribution in [0.25, 0.3) is 22.5 Å². The Hall–Kier alpha value is -3.93. The summed E-state index contributed by atoms with van der Waals surface area (Å²) in [7, 11) is 0. The molecule has 0 amide bonds. The molecule has 0 unspecified atom stereocenters. The molecule has 6 heteroatoms. The van der Waals surface area contributed by atoms with Crippen LogP contribution in [0.5, 0.6) is 0 Å². The van der Waals surface area contributed by atoms with Gasteiger partial charge in [0.05, 0.1) is 17.0 Å². The van der Waals surface area contributed by atoms with E-state index in [1.807, 2.05) is 54.7 Å². The molecule has 0 aliphatic carbocycles. The molecule has 0 saturated carbocycles. The number of anilines is 1. The number of fused-ring (bicyclic) bond motifs is 2. The van der Waals surface area contributed by atoms with Crippen LogP contribution < -0.4 is 4.90 Å². The average molecular weight is 422 g/mol. The van der Waals surface area contributed by atoms with E-state index in [1.54, 1.807) is 0 Å². The number of pyridine rings is 1. The van der Waals surface area contributed by atoms with Crippen molar-refractivity contribution in [1.29, 1.82) is 0 Å². The highest BCUT2D eigenvalue weighted by Gasteiger charge is 2.47. The largest absolute Gasteiger partial charge is 0.450 e. The number of hydrogen-bond acceptors (Lipinski definition) is 5. The highest BCUT2D eigenvalue weighted by Crippen LogP contribution is 2.44. The number of ether oxygens (including phenoxy) is 1. The van der Waals surface area contributed by atoms with Gasteiger partial charge in [-0.1, -0.05) is 48.5 Å². The van der Waals surface area contributed by atoms with Crippen molar-refractivity contribution in [2.24, 2.45) is 0 Å². The van der Waals surface area contributed by atoms with Crippen LogP contribution in [0.15, 0.2) is 79.0 Å². The summed E-state index contributed by atoms with van der Waals surface area (Å²) in [5, 5.41) is 7.74. The average Bonchev–Trinajstić information content (AvgIpc) is 3.45. The smallest absolute Gasteiger partial charge is 0.339 e. The predicted octanol–water partition coefficient (Wildman–Crippen LogP) is 4.80. The van der Waals surface area contributed by atoms with Crippen LogP contribution in [0.2, 0.25) is 0 Å². The minimum atomic E-state index is -0.501. The van der Waals surface area contributed by atoms with E-state index in [-0.39, 0.29) is 5.97 Å². The van der Waals surface area contributed by atoms with Crippen LogP contribution in [0.3, 0.4) is 0 Å². The summed E-state index contributed by atoms with van der Waals surface area (Å²) < 4.78 is 5.87. The number of carbonyl (C=O) groups excluding carboxylic acids is 1. The molecular weight excluding hydrogens is 400 g/mol. The van der Waals surface area contributed by atoms with Gasteiger partial charge in [-0.2, -0.15) is 5.10 Å². The van der Waals surface area contributed by atoms with Crippen molar-refractivity contribution < 1.29 is 9.53 Å². The molecule has 1 spiro atoms. The van der Waals surface area contributed by atoms with E-state index < -0.39 is 5.60 Å². The Labute approximate surface area is 185 Å². The molecule has 2 aliphatic rings. The summed E-state index contributed by atoms with van der Waals surface area (Å²) in [6.07, 6.45) is 3.34. The highest BCUT2D eigenvalue weighted by molar-refractivity contribution is 5.94. The van der Waals surface area contributed by atoms with Crippen LogP contribution in [0.4, 0.5) is 5.82 Å². The Balaban J connectivity index is 1.21. The zero-order chi connectivity index (χ0) is 21.5. The zero-order valence-corrected chi connectivity index (χ0v) is 17.5. The number of aromatic amines is 1. The number of benzene rings is 2. The van der Waals surface area contributed by atoms with E-state index in [4.69, 9.17) is 4.74 Å². The first-order valence-corrected chi connectivity index (χ1v) is 10.9. The minimum absolute atomic E-state index is 0.206. The van der Waals surface area contributed by atoms with Gasteiger partial charge in [-0.25, -0.2) is 4.79 Å². The van der Waals surface area contributed by atoms with Gasteiger partial charge >= 0.3 is 5.97 Å². The van der Waals surface area contributed by atoms with E-state index in [0.717, 1.165) is 59.8 Å². The minimum Gasteiger partial charge on any atom is -0.450 e. The second-order valence-electron chi connectivity index (χ2n) is 8.35. The van der Waals surface area contributed by atoms with Crippen LogP contribution in [-0.2, 0) is 10.3 Å². The number of esters is 1. The summed E-state index contributed by atoms with van der Waals surface area (Å²) in [6.45, 7) is 1.55. The number of nitrogens with zero attached hydrogens (tertiary/aromatic N) is 3. The van der Waals surface area contributed by atoms with Crippen molar-refractivity contribution in [3.63, 3.8) is 0 Å². The van der Waals surface area contributed by atoms with Crippen molar-refractivity contribution in [2.75, 3.05) is 18.0 Å². The number of aromatic nitrogens is 3. The monoisotopic (exact) mass is 422 g/mol. The topological polar surface area (TPSA) is 71.1 Å². The maximum Gasteiger partial charge on any atom is 0.339 e. The molecule has 0 bridgehead atoms. The molecule has 32 heavy (non-hydrogen) atoms. The molecular formula is C26H22N4O2. The number of H-pyrrole nitrogens is 1. The fraction of sp³-hybridized carbons (Fsp3) is 0.192. The first-order chi connectivity index (χ1) is 15.7. The molecule has 0 radical (unpaired) electrons. The third kappa shape index (κ3) is 3.07. The van der Waals surface area contributed by atoms with Gasteiger partial charge in [-0.05, 0) is 18.2 Å². The quantitative estimate of drug-likeness (QED) is 0.480. The van der Waals surface area contributed by atoms with Gasteiger partial charge in [0.25, 0.3) is 0 Å². The maximum atomic E-state index is 12.3. The molecule has 2 aromatic carbocycles. The summed E-state index contributed by atoms with van der Waals surface area (Å²) in [4.78, 5) is 19.1. The second-order valence-corrected chi connectivity index (χ2v) is 8.35. The van der Waals surface area contributed by atoms with Crippen LogP contribution in [0.1, 0.15) is 28.8 Å². The zero-order valence-electron chi connectivity index (χ0n) is 17.5. The first kappa shape index (κ1) is 18.8. The molecule has 0 atom stereocenters. The normalized spacial score (nSPS) is 16.8. The molecule has 1 saturated heterocycles. The summed E-state index contributed by atoms with van der Waals surface area (Å²) in [5.41, 5.74) is 5.25. The van der Waals surface area contributed by atoms with Gasteiger partial charge in [0.15, 0.2) is 5.82 Å². The molecule has 1 N–H and O–H groups in total. The van der Waals surface area contributed by atoms with Gasteiger partial charge in [-0.15, -0.1) is 0 Å². The Morgan fingerprint density at radius 3 is 2.53 bits per heavy atom. The van der Waals surface area contributed by atoms with Crippen molar-refractivity contribution >= 4 is 11.8 Å². The molecule has 6 rings (SSSR count). The number of rotatable bonds is 3. The maximum absolute atomic E-state index is 12.3. The summed E-state index contributed by atoms with van der Waals surface area (Å²) in [5.74, 6) is 0.702. The fourth-order valence-electron chi connectivity index (χ4n) is 4.80. The summed E-state index contributed by atoms with van der Waals surface area (Å²) >= 11 is 0. The number of nitrogens with one attached hydrogen (secondary N) is 1. The van der Waals surface area contributed by atoms with E-state index in [0.29, 0.717) is 5.56 Å². The second kappa shape index (κ2) is 7.34. The molecule has 2 aromatic heterocycles. The van der Waals surface area contributed by atoms with Crippen molar-refractivity contribution in [3.05, 3.63) is 90.1 Å². The Bertz CT molecular complexity index is 1290. The molecule has 158 valence electrons. The number of carbonyl (C=O) groups is 1.